The van der Waals surface area contributed by atoms with E-state index in [-0.39, 0.29) is 0 Å². The average molecular weight is 255 g/mol. The molecule has 0 bridgehead atoms. The Morgan fingerprint density at radius 1 is 1.35 bits per heavy atom. The summed E-state index contributed by atoms with van der Waals surface area (Å²) in [6.07, 6.45) is 8.57. The van der Waals surface area contributed by atoms with E-state index in [1.165, 1.54) is 43.5 Å². The van der Waals surface area contributed by atoms with Crippen LogP contribution in [-0.2, 0) is 19.9 Å². The number of hydrogen-bond acceptors (Lipinski definition) is 1. The molecule has 1 aliphatic rings. The standard InChI is InChI=1S/C14H23ClN2/c1-3-12-10-13(17(2)16-12)9-11-7-5-4-6-8-14(11)15/h10-11,14H,3-9H2,1-2H3. The molecule has 1 aromatic rings. The molecule has 0 radical (unpaired) electrons. The van der Waals surface area contributed by atoms with Crippen LogP contribution in [0.5, 0.6) is 0 Å². The lowest BCUT2D eigenvalue weighted by Gasteiger charge is -2.19. The van der Waals surface area contributed by atoms with Crippen LogP contribution in [0, 0.1) is 5.92 Å². The van der Waals surface area contributed by atoms with Crippen molar-refractivity contribution < 1.29 is 0 Å². The zero-order valence-electron chi connectivity index (χ0n) is 11.0. The molecule has 1 aliphatic carbocycles. The monoisotopic (exact) mass is 254 g/mol. The number of nitrogens with zero attached hydrogens (tertiary/aromatic N) is 2. The van der Waals surface area contributed by atoms with Crippen molar-refractivity contribution in [2.75, 3.05) is 0 Å². The smallest absolute Gasteiger partial charge is 0.0624 e. The highest BCUT2D eigenvalue weighted by Crippen LogP contribution is 2.30. The third kappa shape index (κ3) is 3.25. The Balaban J connectivity index is 2.05. The first kappa shape index (κ1) is 12.9. The molecule has 2 unspecified atom stereocenters. The van der Waals surface area contributed by atoms with E-state index in [1.807, 2.05) is 4.68 Å². The van der Waals surface area contributed by atoms with E-state index >= 15 is 0 Å². The van der Waals surface area contributed by atoms with Gasteiger partial charge in [-0.15, -0.1) is 11.6 Å². The van der Waals surface area contributed by atoms with Gasteiger partial charge in [0, 0.05) is 18.1 Å². The van der Waals surface area contributed by atoms with Gasteiger partial charge in [-0.1, -0.05) is 26.2 Å². The number of aryl methyl sites for hydroxylation is 2. The van der Waals surface area contributed by atoms with Gasteiger partial charge in [-0.05, 0) is 37.7 Å². The Labute approximate surface area is 109 Å². The number of alkyl halides is 1. The van der Waals surface area contributed by atoms with Gasteiger partial charge in [0.1, 0.15) is 0 Å². The first-order valence-electron chi connectivity index (χ1n) is 6.86. The third-order valence-electron chi connectivity index (χ3n) is 3.93. The van der Waals surface area contributed by atoms with Gasteiger partial charge in [0.25, 0.3) is 0 Å². The molecule has 1 saturated carbocycles. The minimum atomic E-state index is 0.359. The largest absolute Gasteiger partial charge is 0.272 e. The Morgan fingerprint density at radius 2 is 2.12 bits per heavy atom. The Kier molecular flexibility index (Phi) is 4.49. The summed E-state index contributed by atoms with van der Waals surface area (Å²) >= 11 is 6.50. The van der Waals surface area contributed by atoms with Gasteiger partial charge in [0.2, 0.25) is 0 Å². The molecular weight excluding hydrogens is 232 g/mol. The van der Waals surface area contributed by atoms with Crippen LogP contribution < -0.4 is 0 Å². The van der Waals surface area contributed by atoms with Crippen molar-refractivity contribution >= 4 is 11.6 Å². The minimum Gasteiger partial charge on any atom is -0.272 e. The molecule has 0 spiro atoms. The van der Waals surface area contributed by atoms with Gasteiger partial charge in [0.05, 0.1) is 5.69 Å². The van der Waals surface area contributed by atoms with Crippen molar-refractivity contribution in [1.82, 2.24) is 9.78 Å². The van der Waals surface area contributed by atoms with E-state index in [4.69, 9.17) is 11.6 Å². The molecule has 1 aromatic heterocycles. The zero-order valence-corrected chi connectivity index (χ0v) is 11.7. The first-order valence-corrected chi connectivity index (χ1v) is 7.30. The summed E-state index contributed by atoms with van der Waals surface area (Å²) in [5.41, 5.74) is 2.54. The molecule has 1 heterocycles. The van der Waals surface area contributed by atoms with E-state index in [0.29, 0.717) is 11.3 Å². The maximum Gasteiger partial charge on any atom is 0.0624 e. The maximum absolute atomic E-state index is 6.50. The minimum absolute atomic E-state index is 0.359. The van der Waals surface area contributed by atoms with E-state index in [0.717, 1.165) is 12.8 Å². The number of rotatable bonds is 3. The van der Waals surface area contributed by atoms with Crippen LogP contribution in [0.2, 0.25) is 0 Å². The second kappa shape index (κ2) is 5.90. The topological polar surface area (TPSA) is 17.8 Å². The van der Waals surface area contributed by atoms with Crippen LogP contribution >= 0.6 is 11.6 Å². The summed E-state index contributed by atoms with van der Waals surface area (Å²) in [6.45, 7) is 2.15. The lowest BCUT2D eigenvalue weighted by molar-refractivity contribution is 0.451. The summed E-state index contributed by atoms with van der Waals surface area (Å²) < 4.78 is 2.04. The SMILES string of the molecule is CCc1cc(CC2CCCCCC2Cl)n(C)n1. The zero-order chi connectivity index (χ0) is 12.3. The van der Waals surface area contributed by atoms with E-state index in [1.54, 1.807) is 0 Å². The molecule has 2 atom stereocenters. The molecule has 1 fully saturated rings. The Morgan fingerprint density at radius 3 is 2.82 bits per heavy atom. The van der Waals surface area contributed by atoms with Crippen LogP contribution in [0.4, 0.5) is 0 Å². The number of halogens is 1. The highest BCUT2D eigenvalue weighted by molar-refractivity contribution is 6.20. The predicted molar refractivity (Wildman–Crippen MR) is 72.5 cm³/mol. The van der Waals surface area contributed by atoms with Gasteiger partial charge in [-0.3, -0.25) is 4.68 Å². The summed E-state index contributed by atoms with van der Waals surface area (Å²) in [7, 11) is 2.05. The van der Waals surface area contributed by atoms with Crippen molar-refractivity contribution in [3.8, 4) is 0 Å². The summed E-state index contributed by atoms with van der Waals surface area (Å²) in [4.78, 5) is 0. The quantitative estimate of drug-likeness (QED) is 0.594. The molecule has 3 heteroatoms. The van der Waals surface area contributed by atoms with Crippen LogP contribution in [0.1, 0.15) is 50.4 Å². The fourth-order valence-electron chi connectivity index (χ4n) is 2.77. The summed E-state index contributed by atoms with van der Waals surface area (Å²) in [5.74, 6) is 0.638. The molecule has 96 valence electrons. The Hall–Kier alpha value is -0.500. The summed E-state index contributed by atoms with van der Waals surface area (Å²) in [5, 5.41) is 4.88. The highest BCUT2D eigenvalue weighted by Gasteiger charge is 2.23. The summed E-state index contributed by atoms with van der Waals surface area (Å²) in [6, 6.07) is 2.24. The fraction of sp³-hybridized carbons (Fsp3) is 0.786. The molecule has 2 rings (SSSR count). The molecule has 2 nitrogen and oxygen atoms in total. The third-order valence-corrected chi connectivity index (χ3v) is 4.50. The van der Waals surface area contributed by atoms with Crippen molar-refractivity contribution in [3.63, 3.8) is 0 Å². The molecule has 0 aliphatic heterocycles. The van der Waals surface area contributed by atoms with Crippen molar-refractivity contribution in [2.24, 2.45) is 13.0 Å². The molecular formula is C14H23ClN2. The van der Waals surface area contributed by atoms with Crippen molar-refractivity contribution in [1.29, 1.82) is 0 Å². The van der Waals surface area contributed by atoms with E-state index in [2.05, 4.69) is 25.1 Å². The molecule has 0 aromatic carbocycles. The molecule has 0 saturated heterocycles. The van der Waals surface area contributed by atoms with Gasteiger partial charge < -0.3 is 0 Å². The fourth-order valence-corrected chi connectivity index (χ4v) is 3.14. The molecule has 0 N–H and O–H groups in total. The van der Waals surface area contributed by atoms with Crippen molar-refractivity contribution in [2.45, 2.75) is 57.2 Å². The second-order valence-corrected chi connectivity index (χ2v) is 5.78. The average Bonchev–Trinajstić information content (AvgIpc) is 2.54. The van der Waals surface area contributed by atoms with Crippen LogP contribution in [0.15, 0.2) is 6.07 Å². The van der Waals surface area contributed by atoms with E-state index < -0.39 is 0 Å². The van der Waals surface area contributed by atoms with Crippen LogP contribution in [-0.4, -0.2) is 15.2 Å². The second-order valence-electron chi connectivity index (χ2n) is 5.22. The molecule has 0 amide bonds. The predicted octanol–water partition coefficient (Wildman–Crippen LogP) is 3.71. The van der Waals surface area contributed by atoms with E-state index in [9.17, 15) is 0 Å². The normalized spacial score (nSPS) is 25.8. The first-order chi connectivity index (χ1) is 8.20. The number of hydrogen-bond donors (Lipinski definition) is 0. The van der Waals surface area contributed by atoms with Gasteiger partial charge in [0.15, 0.2) is 0 Å². The van der Waals surface area contributed by atoms with Gasteiger partial charge in [-0.2, -0.15) is 5.10 Å². The van der Waals surface area contributed by atoms with Crippen LogP contribution in [0.25, 0.3) is 0 Å². The highest BCUT2D eigenvalue weighted by atomic mass is 35.5. The lowest BCUT2D eigenvalue weighted by atomic mass is 9.94. The van der Waals surface area contributed by atoms with Crippen molar-refractivity contribution in [3.05, 3.63) is 17.5 Å². The van der Waals surface area contributed by atoms with Gasteiger partial charge >= 0.3 is 0 Å². The lowest BCUT2D eigenvalue weighted by Crippen LogP contribution is -2.17. The Bertz CT molecular complexity index is 359. The molecule has 17 heavy (non-hydrogen) atoms. The van der Waals surface area contributed by atoms with Gasteiger partial charge in [-0.25, -0.2) is 0 Å². The van der Waals surface area contributed by atoms with Crippen LogP contribution in [0.3, 0.4) is 0 Å². The number of aromatic nitrogens is 2. The maximum atomic E-state index is 6.50.